The van der Waals surface area contributed by atoms with Crippen molar-refractivity contribution in [2.24, 2.45) is 12.8 Å². The Morgan fingerprint density at radius 2 is 2.11 bits per heavy atom. The Morgan fingerprint density at radius 3 is 2.56 bits per heavy atom. The topological polar surface area (TPSA) is 82.2 Å². The zero-order valence-corrected chi connectivity index (χ0v) is 11.7. The van der Waals surface area contributed by atoms with Crippen LogP contribution in [0.3, 0.4) is 0 Å². The van der Waals surface area contributed by atoms with E-state index >= 15 is 0 Å². The van der Waals surface area contributed by atoms with E-state index in [2.05, 4.69) is 10.4 Å². The molecule has 0 aromatic carbocycles. The molecule has 0 spiro atoms. The van der Waals surface area contributed by atoms with Gasteiger partial charge < -0.3 is 15.8 Å². The van der Waals surface area contributed by atoms with Crippen LogP contribution in [0.1, 0.15) is 25.2 Å². The molecule has 3 N–H and O–H groups in total. The van der Waals surface area contributed by atoms with Gasteiger partial charge in [-0.25, -0.2) is 0 Å². The Hall–Kier alpha value is -1.56. The molecular formula is C12H22N4O2. The van der Waals surface area contributed by atoms with E-state index in [4.69, 9.17) is 10.5 Å². The van der Waals surface area contributed by atoms with Crippen LogP contribution in [-0.4, -0.2) is 34.4 Å². The first kappa shape index (κ1) is 14.5. The molecule has 0 atom stereocenters. The summed E-state index contributed by atoms with van der Waals surface area (Å²) in [6, 6.07) is 0. The monoisotopic (exact) mass is 254 g/mol. The van der Waals surface area contributed by atoms with E-state index in [1.54, 1.807) is 4.68 Å². The third-order valence-electron chi connectivity index (χ3n) is 2.78. The van der Waals surface area contributed by atoms with Crippen LogP contribution in [0, 0.1) is 13.8 Å². The lowest BCUT2D eigenvalue weighted by Gasteiger charge is -2.24. The van der Waals surface area contributed by atoms with Gasteiger partial charge in [0, 0.05) is 19.1 Å². The fourth-order valence-electron chi connectivity index (χ4n) is 1.57. The summed E-state index contributed by atoms with van der Waals surface area (Å²) < 4.78 is 7.23. The van der Waals surface area contributed by atoms with Crippen molar-refractivity contribution in [1.82, 2.24) is 15.1 Å². The minimum atomic E-state index is -0.417. The molecule has 6 nitrogen and oxygen atoms in total. The second kappa shape index (κ2) is 5.39. The highest BCUT2D eigenvalue weighted by atomic mass is 16.5. The van der Waals surface area contributed by atoms with Crippen molar-refractivity contribution in [3.05, 3.63) is 11.4 Å². The molecule has 102 valence electrons. The molecule has 0 saturated heterocycles. The number of carbonyl (C=O) groups excluding carboxylic acids is 1. The van der Waals surface area contributed by atoms with Crippen molar-refractivity contribution in [3.63, 3.8) is 0 Å². The molecule has 0 aliphatic heterocycles. The van der Waals surface area contributed by atoms with Crippen LogP contribution in [0.25, 0.3) is 0 Å². The second-order valence-electron chi connectivity index (χ2n) is 5.05. The number of nitrogens with one attached hydrogen (secondary N) is 1. The number of aromatic nitrogens is 2. The maximum Gasteiger partial charge on any atom is 0.258 e. The van der Waals surface area contributed by atoms with E-state index in [-0.39, 0.29) is 12.5 Å². The number of aryl methyl sites for hydroxylation is 2. The summed E-state index contributed by atoms with van der Waals surface area (Å²) in [4.78, 5) is 11.7. The Balaban J connectivity index is 2.58. The smallest absolute Gasteiger partial charge is 0.258 e. The van der Waals surface area contributed by atoms with Crippen LogP contribution in [0.5, 0.6) is 5.75 Å². The number of rotatable bonds is 5. The Morgan fingerprint density at radius 1 is 1.50 bits per heavy atom. The summed E-state index contributed by atoms with van der Waals surface area (Å²) in [7, 11) is 1.84. The number of hydrogen-bond acceptors (Lipinski definition) is 4. The normalized spacial score (nSPS) is 11.4. The second-order valence-corrected chi connectivity index (χ2v) is 5.05. The van der Waals surface area contributed by atoms with E-state index in [0.29, 0.717) is 12.3 Å². The van der Waals surface area contributed by atoms with Gasteiger partial charge in [-0.05, 0) is 27.7 Å². The van der Waals surface area contributed by atoms with Gasteiger partial charge in [0.15, 0.2) is 12.4 Å². The maximum atomic E-state index is 11.7. The predicted octanol–water partition coefficient (Wildman–Crippen LogP) is 0.269. The highest BCUT2D eigenvalue weighted by Crippen LogP contribution is 2.21. The van der Waals surface area contributed by atoms with Gasteiger partial charge >= 0.3 is 0 Å². The van der Waals surface area contributed by atoms with Crippen molar-refractivity contribution < 1.29 is 9.53 Å². The first-order chi connectivity index (χ1) is 8.26. The molecule has 1 aromatic rings. The molecule has 0 saturated carbocycles. The lowest BCUT2D eigenvalue weighted by atomic mass is 10.1. The average Bonchev–Trinajstić information content (AvgIpc) is 2.50. The van der Waals surface area contributed by atoms with E-state index in [9.17, 15) is 4.79 Å². The Kier molecular flexibility index (Phi) is 4.34. The lowest BCUT2D eigenvalue weighted by Crippen LogP contribution is -2.50. The van der Waals surface area contributed by atoms with Gasteiger partial charge in [-0.1, -0.05) is 0 Å². The Labute approximate surface area is 107 Å². The molecule has 1 rings (SSSR count). The molecule has 0 unspecified atom stereocenters. The molecule has 0 radical (unpaired) electrons. The van der Waals surface area contributed by atoms with Crippen LogP contribution in [0.2, 0.25) is 0 Å². The summed E-state index contributed by atoms with van der Waals surface area (Å²) >= 11 is 0. The third kappa shape index (κ3) is 3.46. The largest absolute Gasteiger partial charge is 0.480 e. The minimum absolute atomic E-state index is 0.0309. The van der Waals surface area contributed by atoms with Gasteiger partial charge in [-0.15, -0.1) is 0 Å². The van der Waals surface area contributed by atoms with Gasteiger partial charge in [0.2, 0.25) is 0 Å². The summed E-state index contributed by atoms with van der Waals surface area (Å²) in [6.45, 7) is 7.83. The van der Waals surface area contributed by atoms with Crippen molar-refractivity contribution in [1.29, 1.82) is 0 Å². The number of hydrogen-bond donors (Lipinski definition) is 2. The molecule has 18 heavy (non-hydrogen) atoms. The minimum Gasteiger partial charge on any atom is -0.480 e. The van der Waals surface area contributed by atoms with Crippen LogP contribution in [-0.2, 0) is 11.8 Å². The molecular weight excluding hydrogens is 232 g/mol. The number of carbonyl (C=O) groups is 1. The van der Waals surface area contributed by atoms with E-state index in [0.717, 1.165) is 11.4 Å². The van der Waals surface area contributed by atoms with E-state index in [1.165, 1.54) is 0 Å². The van der Waals surface area contributed by atoms with Crippen molar-refractivity contribution in [2.45, 2.75) is 33.2 Å². The molecule has 0 aliphatic rings. The molecule has 0 fully saturated rings. The van der Waals surface area contributed by atoms with Gasteiger partial charge in [0.05, 0.1) is 5.69 Å². The molecule has 1 heterocycles. The highest BCUT2D eigenvalue weighted by Gasteiger charge is 2.19. The molecule has 0 bridgehead atoms. The van der Waals surface area contributed by atoms with Crippen LogP contribution < -0.4 is 15.8 Å². The number of amides is 1. The Bertz CT molecular complexity index is 438. The van der Waals surface area contributed by atoms with E-state index < -0.39 is 5.54 Å². The summed E-state index contributed by atoms with van der Waals surface area (Å²) in [5, 5.41) is 7.03. The fourth-order valence-corrected chi connectivity index (χ4v) is 1.57. The number of ether oxygens (including phenoxy) is 1. The van der Waals surface area contributed by atoms with Crippen LogP contribution in [0.15, 0.2) is 0 Å². The van der Waals surface area contributed by atoms with E-state index in [1.807, 2.05) is 34.7 Å². The predicted molar refractivity (Wildman–Crippen MR) is 69.5 cm³/mol. The van der Waals surface area contributed by atoms with Crippen molar-refractivity contribution in [2.75, 3.05) is 13.2 Å². The van der Waals surface area contributed by atoms with Gasteiger partial charge in [-0.2, -0.15) is 5.10 Å². The van der Waals surface area contributed by atoms with Gasteiger partial charge in [-0.3, -0.25) is 9.48 Å². The summed E-state index contributed by atoms with van der Waals surface area (Å²) in [5.74, 6) is 0.478. The van der Waals surface area contributed by atoms with Crippen molar-refractivity contribution in [3.8, 4) is 5.75 Å². The first-order valence-electron chi connectivity index (χ1n) is 5.91. The summed E-state index contributed by atoms with van der Waals surface area (Å²) in [5.41, 5.74) is 6.81. The van der Waals surface area contributed by atoms with Crippen LogP contribution >= 0.6 is 0 Å². The number of nitrogens with two attached hydrogens (primary N) is 1. The van der Waals surface area contributed by atoms with Gasteiger partial charge in [0.25, 0.3) is 5.91 Å². The molecule has 1 amide bonds. The quantitative estimate of drug-likeness (QED) is 0.790. The molecule has 1 aromatic heterocycles. The van der Waals surface area contributed by atoms with Crippen molar-refractivity contribution >= 4 is 5.91 Å². The number of nitrogens with zero attached hydrogens (tertiary/aromatic N) is 2. The molecule has 0 aliphatic carbocycles. The summed E-state index contributed by atoms with van der Waals surface area (Å²) in [6.07, 6.45) is 0. The van der Waals surface area contributed by atoms with Gasteiger partial charge in [0.1, 0.15) is 5.69 Å². The van der Waals surface area contributed by atoms with Crippen LogP contribution in [0.4, 0.5) is 0 Å². The molecule has 6 heteroatoms. The highest BCUT2D eigenvalue weighted by molar-refractivity contribution is 5.78. The SMILES string of the molecule is Cc1nn(C)c(C)c1OCC(=O)NC(C)(C)CN. The zero-order valence-electron chi connectivity index (χ0n) is 11.7. The standard InChI is InChI=1S/C12H22N4O2/c1-8-11(9(2)16(5)15-8)18-6-10(17)14-12(3,4)7-13/h6-7,13H2,1-5H3,(H,14,17). The average molecular weight is 254 g/mol. The lowest BCUT2D eigenvalue weighted by molar-refractivity contribution is -0.124. The first-order valence-corrected chi connectivity index (χ1v) is 5.91. The third-order valence-corrected chi connectivity index (χ3v) is 2.78. The zero-order chi connectivity index (χ0) is 13.9. The fraction of sp³-hybridized carbons (Fsp3) is 0.667. The maximum absolute atomic E-state index is 11.7.